The Hall–Kier alpha value is -8.46. The zero-order valence-electron chi connectivity index (χ0n) is 45.1. The average molecular weight is 1010 g/mol. The van der Waals surface area contributed by atoms with Crippen LogP contribution in [0.2, 0.25) is 0 Å². The highest BCUT2D eigenvalue weighted by atomic mass is 15.3. The number of anilines is 4. The minimum Gasteiger partial charge on any atom is -0.334 e. The summed E-state index contributed by atoms with van der Waals surface area (Å²) < 4.78 is 0. The fourth-order valence-corrected chi connectivity index (χ4v) is 15.5. The molecule has 6 unspecified atom stereocenters. The van der Waals surface area contributed by atoms with Crippen molar-refractivity contribution in [1.29, 1.82) is 0 Å². The quantitative estimate of drug-likeness (QED) is 0.140. The van der Waals surface area contributed by atoms with E-state index in [0.29, 0.717) is 23.7 Å². The summed E-state index contributed by atoms with van der Waals surface area (Å²) in [5, 5.41) is 5.05. The summed E-state index contributed by atoms with van der Waals surface area (Å²) in [4.78, 5) is 5.35. The Morgan fingerprint density at radius 2 is 0.603 bits per heavy atom. The van der Waals surface area contributed by atoms with Crippen molar-refractivity contribution in [3.63, 3.8) is 0 Å². The van der Waals surface area contributed by atoms with Gasteiger partial charge in [0.2, 0.25) is 0 Å². The minimum absolute atomic E-state index is 0.0193. The second-order valence-corrected chi connectivity index (χ2v) is 23.6. The summed E-state index contributed by atoms with van der Waals surface area (Å²) in [5.74, 6) is 2.07. The number of fused-ring (bicyclic) bond motifs is 8. The molecule has 6 atom stereocenters. The number of benzene rings is 11. The van der Waals surface area contributed by atoms with Crippen LogP contribution in [0.5, 0.6) is 0 Å². The van der Waals surface area contributed by atoms with Gasteiger partial charge in [-0.2, -0.15) is 0 Å². The molecule has 0 aromatic heterocycles. The average Bonchev–Trinajstić information content (AvgIpc) is 4.16. The Kier molecular flexibility index (Phi) is 10.8. The van der Waals surface area contributed by atoms with Gasteiger partial charge >= 0.3 is 0 Å². The highest BCUT2D eigenvalue weighted by Crippen LogP contribution is 2.63. The Balaban J connectivity index is 0.945. The smallest absolute Gasteiger partial charge is 0.0518 e. The van der Waals surface area contributed by atoms with Crippen LogP contribution in [0.4, 0.5) is 22.7 Å². The maximum atomic E-state index is 2.68. The molecule has 2 heterocycles. The van der Waals surface area contributed by atoms with Crippen LogP contribution in [0.1, 0.15) is 76.3 Å². The third kappa shape index (κ3) is 7.08. The Labute approximate surface area is 460 Å². The molecule has 0 N–H and O–H groups in total. The molecule has 0 bridgehead atoms. The van der Waals surface area contributed by atoms with Crippen LogP contribution in [0.15, 0.2) is 243 Å². The van der Waals surface area contributed by atoms with Gasteiger partial charge in [-0.1, -0.05) is 196 Å². The minimum atomic E-state index is 0.0193. The molecule has 0 saturated heterocycles. The normalized spacial score (nSPS) is 21.9. The van der Waals surface area contributed by atoms with Crippen LogP contribution in [-0.4, -0.2) is 11.1 Å². The van der Waals surface area contributed by atoms with E-state index in [1.807, 2.05) is 0 Å². The lowest BCUT2D eigenvalue weighted by atomic mass is 9.81. The summed E-state index contributed by atoms with van der Waals surface area (Å²) in [6.07, 6.45) is 4.88. The van der Waals surface area contributed by atoms with Gasteiger partial charge < -0.3 is 9.80 Å². The van der Waals surface area contributed by atoms with Gasteiger partial charge in [0.25, 0.3) is 0 Å². The molecule has 0 radical (unpaired) electrons. The first kappa shape index (κ1) is 46.8. The van der Waals surface area contributed by atoms with E-state index in [-0.39, 0.29) is 11.1 Å². The topological polar surface area (TPSA) is 6.48 Å². The van der Waals surface area contributed by atoms with Crippen molar-refractivity contribution in [3.8, 4) is 66.8 Å². The molecule has 11 aromatic rings. The summed E-state index contributed by atoms with van der Waals surface area (Å²) in [6, 6.07) is 92.0. The Morgan fingerprint density at radius 1 is 0.295 bits per heavy atom. The molecule has 4 aliphatic rings. The maximum Gasteiger partial charge on any atom is 0.0518 e. The van der Waals surface area contributed by atoms with E-state index in [0.717, 1.165) is 0 Å². The first-order valence-electron chi connectivity index (χ1n) is 28.6. The highest BCUT2D eigenvalue weighted by molar-refractivity contribution is 6.22. The first-order valence-corrected chi connectivity index (χ1v) is 28.6. The molecule has 2 fully saturated rings. The number of rotatable bonds is 8. The largest absolute Gasteiger partial charge is 0.334 e. The molecule has 0 amide bonds. The summed E-state index contributed by atoms with van der Waals surface area (Å²) in [5.41, 5.74) is 23.2. The van der Waals surface area contributed by atoms with Crippen molar-refractivity contribution < 1.29 is 0 Å². The van der Waals surface area contributed by atoms with E-state index in [1.165, 1.54) is 148 Å². The molecule has 2 heteroatoms. The second kappa shape index (κ2) is 18.1. The Bertz CT molecular complexity index is 3820. The van der Waals surface area contributed by atoms with Crippen molar-refractivity contribution in [1.82, 2.24) is 0 Å². The molecule has 11 aromatic carbocycles. The lowest BCUT2D eigenvalue weighted by Gasteiger charge is -2.41. The summed E-state index contributed by atoms with van der Waals surface area (Å²) in [6.45, 7) is 9.98. The van der Waals surface area contributed by atoms with Crippen molar-refractivity contribution in [2.45, 2.75) is 76.3 Å². The van der Waals surface area contributed by atoms with Crippen molar-refractivity contribution in [3.05, 3.63) is 254 Å². The molecule has 2 nitrogen and oxygen atoms in total. The standard InChI is InChI=1S/C76H64N2/c1-49-25-41-69-67-47-59(37-43-71(67)77(75(49,69)3)61-21-13-7-14-22-61)57-35-39-63-65(45-57)73(55-31-27-53(28-32-55)51-17-9-5-10-18-51)64-40-36-58(46-66(64)74(63)56-33-29-54(30-34-56)52-19-11-6-12-20-52)60-38-44-72-68(48-60)70-42-26-50(2)76(70,4)78(72)62-23-15-8-16-24-62/h5-24,27-40,43-50,69-70H,25-26,41-42H2,1-4H3. The van der Waals surface area contributed by atoms with Crippen molar-refractivity contribution in [2.75, 3.05) is 9.80 Å². The van der Waals surface area contributed by atoms with Gasteiger partial charge in [0.15, 0.2) is 0 Å². The number of hydrogen-bond acceptors (Lipinski definition) is 2. The Morgan fingerprint density at radius 3 is 0.987 bits per heavy atom. The van der Waals surface area contributed by atoms with E-state index in [9.17, 15) is 0 Å². The van der Waals surface area contributed by atoms with Gasteiger partial charge in [-0.25, -0.2) is 0 Å². The molecule has 2 saturated carbocycles. The van der Waals surface area contributed by atoms with Gasteiger partial charge in [-0.3, -0.25) is 0 Å². The predicted octanol–water partition coefficient (Wildman–Crippen LogP) is 20.8. The van der Waals surface area contributed by atoms with E-state index in [1.54, 1.807) is 0 Å². The van der Waals surface area contributed by atoms with Crippen LogP contribution in [-0.2, 0) is 0 Å². The number of nitrogens with zero attached hydrogens (tertiary/aromatic N) is 2. The number of hydrogen-bond donors (Lipinski definition) is 0. The van der Waals surface area contributed by atoms with Crippen molar-refractivity contribution >= 4 is 44.3 Å². The van der Waals surface area contributed by atoms with E-state index in [2.05, 4.69) is 280 Å². The lowest BCUT2D eigenvalue weighted by molar-refractivity contribution is 0.355. The fraction of sp³-hybridized carbons (Fsp3) is 0.184. The predicted molar refractivity (Wildman–Crippen MR) is 330 cm³/mol. The van der Waals surface area contributed by atoms with E-state index >= 15 is 0 Å². The molecule has 0 spiro atoms. The third-order valence-electron chi connectivity index (χ3n) is 19.8. The van der Waals surface area contributed by atoms with Gasteiger partial charge in [-0.05, 0) is 211 Å². The highest BCUT2D eigenvalue weighted by Gasteiger charge is 2.56. The first-order chi connectivity index (χ1) is 38.3. The van der Waals surface area contributed by atoms with Gasteiger partial charge in [0.05, 0.1) is 11.1 Å². The zero-order chi connectivity index (χ0) is 52.3. The molecule has 15 rings (SSSR count). The molecule has 78 heavy (non-hydrogen) atoms. The van der Waals surface area contributed by atoms with Crippen LogP contribution in [0, 0.1) is 11.8 Å². The van der Waals surface area contributed by atoms with E-state index < -0.39 is 0 Å². The van der Waals surface area contributed by atoms with Crippen LogP contribution < -0.4 is 9.80 Å². The summed E-state index contributed by atoms with van der Waals surface area (Å²) in [7, 11) is 0. The molecule has 378 valence electrons. The van der Waals surface area contributed by atoms with Crippen LogP contribution in [0.3, 0.4) is 0 Å². The summed E-state index contributed by atoms with van der Waals surface area (Å²) >= 11 is 0. The zero-order valence-corrected chi connectivity index (χ0v) is 45.1. The second-order valence-electron chi connectivity index (χ2n) is 23.6. The monoisotopic (exact) mass is 1000 g/mol. The third-order valence-corrected chi connectivity index (χ3v) is 19.8. The van der Waals surface area contributed by atoms with E-state index in [4.69, 9.17) is 0 Å². The van der Waals surface area contributed by atoms with Crippen LogP contribution in [0.25, 0.3) is 88.3 Å². The molecular weight excluding hydrogens is 941 g/mol. The van der Waals surface area contributed by atoms with Gasteiger partial charge in [-0.15, -0.1) is 0 Å². The SMILES string of the molecule is CC1CCC2c3cc(-c4ccc5c(-c6ccc(-c7ccccc7)cc6)c6cc(-c7ccc8c(c7)C7CCC(C)C7(C)N8c7ccccc7)ccc6c(-c6ccc(-c7ccccc7)cc6)c5c4)ccc3N(c3ccccc3)C12C. The lowest BCUT2D eigenvalue weighted by Crippen LogP contribution is -2.45. The number of para-hydroxylation sites is 2. The van der Waals surface area contributed by atoms with Gasteiger partial charge in [0.1, 0.15) is 0 Å². The molecule has 2 aliphatic heterocycles. The van der Waals surface area contributed by atoms with Crippen molar-refractivity contribution in [2.24, 2.45) is 11.8 Å². The fourth-order valence-electron chi connectivity index (χ4n) is 15.5. The molecule has 2 aliphatic carbocycles. The maximum absolute atomic E-state index is 2.68. The van der Waals surface area contributed by atoms with Gasteiger partial charge in [0, 0.05) is 34.6 Å². The van der Waals surface area contributed by atoms with Crippen LogP contribution >= 0.6 is 0 Å². The molecular formula is C76H64N2.